The topological polar surface area (TPSA) is 84.9 Å². The normalized spacial score (nSPS) is 14.7. The highest BCUT2D eigenvalue weighted by molar-refractivity contribution is 7.89. The minimum Gasteiger partial charge on any atom is -0.493 e. The van der Waals surface area contributed by atoms with Crippen molar-refractivity contribution in [3.8, 4) is 11.5 Å². The smallest absolute Gasteiger partial charge is 0.387 e. The first-order valence-electron chi connectivity index (χ1n) is 9.31. The molecule has 1 fully saturated rings. The van der Waals surface area contributed by atoms with Crippen LogP contribution in [-0.4, -0.2) is 45.4 Å². The molecule has 1 aliphatic rings. The monoisotopic (exact) mass is 440 g/mol. The van der Waals surface area contributed by atoms with Crippen molar-refractivity contribution in [2.24, 2.45) is 0 Å². The molecule has 1 N–H and O–H groups in total. The number of hydrogen-bond donors (Lipinski definition) is 1. The van der Waals surface area contributed by atoms with E-state index in [9.17, 15) is 22.0 Å². The Kier molecular flexibility index (Phi) is 6.88. The molecule has 10 heteroatoms. The van der Waals surface area contributed by atoms with E-state index >= 15 is 0 Å². The van der Waals surface area contributed by atoms with E-state index < -0.39 is 22.5 Å². The first kappa shape index (κ1) is 22.0. The van der Waals surface area contributed by atoms with Crippen molar-refractivity contribution < 1.29 is 31.5 Å². The van der Waals surface area contributed by atoms with Crippen LogP contribution in [0.3, 0.4) is 0 Å². The van der Waals surface area contributed by atoms with Gasteiger partial charge in [-0.05, 0) is 48.7 Å². The number of halogens is 2. The number of nitrogens with zero attached hydrogens (tertiary/aromatic N) is 1. The lowest BCUT2D eigenvalue weighted by atomic mass is 10.1. The van der Waals surface area contributed by atoms with Gasteiger partial charge in [0.25, 0.3) is 5.91 Å². The van der Waals surface area contributed by atoms with Gasteiger partial charge >= 0.3 is 6.61 Å². The molecule has 0 radical (unpaired) electrons. The second-order valence-electron chi connectivity index (χ2n) is 6.68. The van der Waals surface area contributed by atoms with E-state index in [0.717, 1.165) is 12.8 Å². The van der Waals surface area contributed by atoms with Crippen LogP contribution in [0.15, 0.2) is 47.4 Å². The Morgan fingerprint density at radius 1 is 1.10 bits per heavy atom. The SMILES string of the molecule is COc1ccc(C(=O)NCc2ccc(S(=O)(=O)N3CCCC3)cc2)cc1OC(F)F. The maximum Gasteiger partial charge on any atom is 0.387 e. The molecule has 1 saturated heterocycles. The molecule has 3 rings (SSSR count). The Balaban J connectivity index is 1.65. The van der Waals surface area contributed by atoms with E-state index in [4.69, 9.17) is 4.74 Å². The predicted molar refractivity (Wildman–Crippen MR) is 105 cm³/mol. The van der Waals surface area contributed by atoms with Crippen LogP contribution in [0.1, 0.15) is 28.8 Å². The van der Waals surface area contributed by atoms with Gasteiger partial charge in [0.1, 0.15) is 0 Å². The fourth-order valence-corrected chi connectivity index (χ4v) is 4.66. The molecule has 162 valence electrons. The molecule has 1 aliphatic heterocycles. The zero-order chi connectivity index (χ0) is 21.7. The number of hydrogen-bond acceptors (Lipinski definition) is 5. The van der Waals surface area contributed by atoms with Crippen molar-refractivity contribution >= 4 is 15.9 Å². The highest BCUT2D eigenvalue weighted by Gasteiger charge is 2.26. The number of ether oxygens (including phenoxy) is 2. The van der Waals surface area contributed by atoms with Crippen LogP contribution in [0.4, 0.5) is 8.78 Å². The Hall–Kier alpha value is -2.72. The van der Waals surface area contributed by atoms with Gasteiger partial charge in [0.2, 0.25) is 10.0 Å². The summed E-state index contributed by atoms with van der Waals surface area (Å²) >= 11 is 0. The van der Waals surface area contributed by atoms with Crippen LogP contribution >= 0.6 is 0 Å². The van der Waals surface area contributed by atoms with Gasteiger partial charge in [0.05, 0.1) is 12.0 Å². The molecule has 0 bridgehead atoms. The molecule has 7 nitrogen and oxygen atoms in total. The quantitative estimate of drug-likeness (QED) is 0.682. The molecule has 0 atom stereocenters. The molecule has 0 unspecified atom stereocenters. The summed E-state index contributed by atoms with van der Waals surface area (Å²) in [5, 5.41) is 2.66. The average Bonchev–Trinajstić information content (AvgIpc) is 3.27. The summed E-state index contributed by atoms with van der Waals surface area (Å²) in [5.74, 6) is -0.649. The number of methoxy groups -OCH3 is 1. The van der Waals surface area contributed by atoms with Crippen LogP contribution in [-0.2, 0) is 16.6 Å². The van der Waals surface area contributed by atoms with Crippen molar-refractivity contribution in [3.05, 3.63) is 53.6 Å². The molecule has 30 heavy (non-hydrogen) atoms. The van der Waals surface area contributed by atoms with Gasteiger partial charge in [0, 0.05) is 25.2 Å². The summed E-state index contributed by atoms with van der Waals surface area (Å²) in [6.07, 6.45) is 1.72. The number of benzene rings is 2. The lowest BCUT2D eigenvalue weighted by molar-refractivity contribution is -0.0512. The van der Waals surface area contributed by atoms with Crippen molar-refractivity contribution in [1.82, 2.24) is 9.62 Å². The Morgan fingerprint density at radius 2 is 1.77 bits per heavy atom. The minimum absolute atomic E-state index is 0.0849. The van der Waals surface area contributed by atoms with E-state index in [2.05, 4.69) is 10.1 Å². The fourth-order valence-electron chi connectivity index (χ4n) is 3.15. The zero-order valence-electron chi connectivity index (χ0n) is 16.3. The fraction of sp³-hybridized carbons (Fsp3) is 0.350. The molecule has 2 aromatic carbocycles. The summed E-state index contributed by atoms with van der Waals surface area (Å²) in [4.78, 5) is 12.6. The molecular formula is C20H22F2N2O5S. The molecule has 1 heterocycles. The molecular weight excluding hydrogens is 418 g/mol. The van der Waals surface area contributed by atoms with E-state index in [0.29, 0.717) is 18.7 Å². The summed E-state index contributed by atoms with van der Waals surface area (Å²) in [5.41, 5.74) is 0.820. The molecule has 0 aromatic heterocycles. The number of sulfonamides is 1. The van der Waals surface area contributed by atoms with Crippen molar-refractivity contribution in [1.29, 1.82) is 0 Å². The first-order chi connectivity index (χ1) is 14.3. The van der Waals surface area contributed by atoms with Gasteiger partial charge in [-0.1, -0.05) is 12.1 Å². The van der Waals surface area contributed by atoms with Gasteiger partial charge in [-0.25, -0.2) is 8.42 Å². The molecule has 0 spiro atoms. The van der Waals surface area contributed by atoms with Crippen LogP contribution in [0.25, 0.3) is 0 Å². The van der Waals surface area contributed by atoms with Gasteiger partial charge in [-0.15, -0.1) is 0 Å². The van der Waals surface area contributed by atoms with E-state index in [1.54, 1.807) is 12.1 Å². The van der Waals surface area contributed by atoms with E-state index in [1.165, 1.54) is 41.7 Å². The Morgan fingerprint density at radius 3 is 2.37 bits per heavy atom. The summed E-state index contributed by atoms with van der Waals surface area (Å²) in [6, 6.07) is 10.2. The molecule has 0 aliphatic carbocycles. The third-order valence-corrected chi connectivity index (χ3v) is 6.63. The van der Waals surface area contributed by atoms with Crippen molar-refractivity contribution in [2.75, 3.05) is 20.2 Å². The number of amides is 1. The zero-order valence-corrected chi connectivity index (χ0v) is 17.1. The van der Waals surface area contributed by atoms with E-state index in [1.807, 2.05) is 0 Å². The standard InChI is InChI=1S/C20H22F2N2O5S/c1-28-17-9-6-15(12-18(17)29-20(21)22)19(25)23-13-14-4-7-16(8-5-14)30(26,27)24-10-2-3-11-24/h4-9,12,20H,2-3,10-11,13H2,1H3,(H,23,25). The summed E-state index contributed by atoms with van der Waals surface area (Å²) in [7, 11) is -2.19. The summed E-state index contributed by atoms with van der Waals surface area (Å²) in [6.45, 7) is -1.86. The van der Waals surface area contributed by atoms with Gasteiger partial charge < -0.3 is 14.8 Å². The van der Waals surface area contributed by atoms with Crippen LogP contribution in [0, 0.1) is 0 Å². The van der Waals surface area contributed by atoms with Gasteiger partial charge in [-0.3, -0.25) is 4.79 Å². The van der Waals surface area contributed by atoms with Crippen molar-refractivity contribution in [2.45, 2.75) is 30.9 Å². The first-order valence-corrected chi connectivity index (χ1v) is 10.8. The molecule has 2 aromatic rings. The number of nitrogens with one attached hydrogen (secondary N) is 1. The second-order valence-corrected chi connectivity index (χ2v) is 8.62. The van der Waals surface area contributed by atoms with Crippen LogP contribution in [0.2, 0.25) is 0 Å². The molecule has 0 saturated carbocycles. The average molecular weight is 440 g/mol. The van der Waals surface area contributed by atoms with Crippen LogP contribution < -0.4 is 14.8 Å². The lowest BCUT2D eigenvalue weighted by Gasteiger charge is -2.15. The largest absolute Gasteiger partial charge is 0.493 e. The lowest BCUT2D eigenvalue weighted by Crippen LogP contribution is -2.28. The Bertz CT molecular complexity index is 991. The maximum absolute atomic E-state index is 12.5. The second kappa shape index (κ2) is 9.40. The van der Waals surface area contributed by atoms with Crippen LogP contribution in [0.5, 0.6) is 11.5 Å². The summed E-state index contributed by atoms with van der Waals surface area (Å²) < 4.78 is 60.9. The number of alkyl halides is 2. The van der Waals surface area contributed by atoms with Gasteiger partial charge in [0.15, 0.2) is 11.5 Å². The number of rotatable bonds is 8. The van der Waals surface area contributed by atoms with E-state index in [-0.39, 0.29) is 28.5 Å². The third-order valence-electron chi connectivity index (χ3n) is 4.72. The number of carbonyl (C=O) groups is 1. The highest BCUT2D eigenvalue weighted by atomic mass is 32.2. The highest BCUT2D eigenvalue weighted by Crippen LogP contribution is 2.29. The number of carbonyl (C=O) groups excluding carboxylic acids is 1. The maximum atomic E-state index is 12.5. The Labute approximate surface area is 173 Å². The third kappa shape index (κ3) is 5.06. The molecule has 1 amide bonds. The van der Waals surface area contributed by atoms with Crippen molar-refractivity contribution in [3.63, 3.8) is 0 Å². The minimum atomic E-state index is -3.49. The van der Waals surface area contributed by atoms with Gasteiger partial charge in [-0.2, -0.15) is 13.1 Å². The predicted octanol–water partition coefficient (Wildman–Crippen LogP) is 3.01.